The molecule has 3 nitrogen and oxygen atoms in total. The van der Waals surface area contributed by atoms with Crippen molar-refractivity contribution in [2.45, 2.75) is 38.3 Å². The molecule has 0 radical (unpaired) electrons. The molecule has 3 heteroatoms. The zero-order chi connectivity index (χ0) is 9.10. The van der Waals surface area contributed by atoms with Crippen LogP contribution >= 0.6 is 0 Å². The van der Waals surface area contributed by atoms with Gasteiger partial charge in [0.05, 0.1) is 6.67 Å². The first-order valence-electron chi connectivity index (χ1n) is 5.51. The lowest BCUT2D eigenvalue weighted by Crippen LogP contribution is -2.42. The SMILES string of the molecule is O[C@H]1CCCN1CN1CCCCC1. The highest BCUT2D eigenvalue weighted by Crippen LogP contribution is 2.16. The Hall–Kier alpha value is -0.120. The van der Waals surface area contributed by atoms with Gasteiger partial charge in [-0.05, 0) is 38.8 Å². The minimum atomic E-state index is -0.165. The van der Waals surface area contributed by atoms with Crippen molar-refractivity contribution in [3.05, 3.63) is 0 Å². The zero-order valence-electron chi connectivity index (χ0n) is 8.28. The van der Waals surface area contributed by atoms with Crippen molar-refractivity contribution in [1.29, 1.82) is 0 Å². The summed E-state index contributed by atoms with van der Waals surface area (Å²) in [5.74, 6) is 0. The van der Waals surface area contributed by atoms with E-state index in [-0.39, 0.29) is 6.23 Å². The Bertz CT molecular complexity index is 157. The second-order valence-corrected chi connectivity index (χ2v) is 4.26. The van der Waals surface area contributed by atoms with Crippen molar-refractivity contribution < 1.29 is 5.11 Å². The Morgan fingerprint density at radius 2 is 1.77 bits per heavy atom. The Balaban J connectivity index is 1.75. The van der Waals surface area contributed by atoms with Crippen molar-refractivity contribution in [3.63, 3.8) is 0 Å². The average Bonchev–Trinajstić information content (AvgIpc) is 2.54. The summed E-state index contributed by atoms with van der Waals surface area (Å²) in [6.07, 6.45) is 6.03. The van der Waals surface area contributed by atoms with Crippen LogP contribution in [0.2, 0.25) is 0 Å². The van der Waals surface area contributed by atoms with Crippen LogP contribution in [0.5, 0.6) is 0 Å². The lowest BCUT2D eigenvalue weighted by molar-refractivity contribution is -0.00389. The smallest absolute Gasteiger partial charge is 0.108 e. The number of piperidine rings is 1. The maximum absolute atomic E-state index is 9.62. The van der Waals surface area contributed by atoms with E-state index in [0.29, 0.717) is 0 Å². The molecule has 2 saturated heterocycles. The van der Waals surface area contributed by atoms with E-state index in [1.165, 1.54) is 32.4 Å². The maximum atomic E-state index is 9.62. The average molecular weight is 184 g/mol. The van der Waals surface area contributed by atoms with Gasteiger partial charge >= 0.3 is 0 Å². The molecule has 76 valence electrons. The van der Waals surface area contributed by atoms with Gasteiger partial charge in [0.25, 0.3) is 0 Å². The lowest BCUT2D eigenvalue weighted by atomic mass is 10.1. The van der Waals surface area contributed by atoms with Crippen LogP contribution in [0.15, 0.2) is 0 Å². The molecule has 0 spiro atoms. The summed E-state index contributed by atoms with van der Waals surface area (Å²) in [4.78, 5) is 4.67. The highest BCUT2D eigenvalue weighted by atomic mass is 16.3. The largest absolute Gasteiger partial charge is 0.378 e. The van der Waals surface area contributed by atoms with Crippen LogP contribution in [0.3, 0.4) is 0 Å². The third-order valence-corrected chi connectivity index (χ3v) is 3.16. The quantitative estimate of drug-likeness (QED) is 0.689. The minimum absolute atomic E-state index is 0.165. The maximum Gasteiger partial charge on any atom is 0.108 e. The van der Waals surface area contributed by atoms with Crippen LogP contribution in [0.1, 0.15) is 32.1 Å². The number of rotatable bonds is 2. The summed E-state index contributed by atoms with van der Waals surface area (Å²) >= 11 is 0. The minimum Gasteiger partial charge on any atom is -0.378 e. The molecule has 0 amide bonds. The van der Waals surface area contributed by atoms with E-state index >= 15 is 0 Å². The van der Waals surface area contributed by atoms with Gasteiger partial charge in [0.15, 0.2) is 0 Å². The molecular weight excluding hydrogens is 164 g/mol. The summed E-state index contributed by atoms with van der Waals surface area (Å²) in [5.41, 5.74) is 0. The second kappa shape index (κ2) is 4.40. The molecule has 2 aliphatic rings. The molecule has 0 aromatic heterocycles. The van der Waals surface area contributed by atoms with Crippen molar-refractivity contribution in [2.75, 3.05) is 26.3 Å². The molecule has 0 unspecified atom stereocenters. The highest BCUT2D eigenvalue weighted by Gasteiger charge is 2.24. The number of likely N-dealkylation sites (tertiary alicyclic amines) is 2. The van der Waals surface area contributed by atoms with E-state index in [4.69, 9.17) is 0 Å². The number of hydrogen-bond acceptors (Lipinski definition) is 3. The van der Waals surface area contributed by atoms with Gasteiger partial charge < -0.3 is 5.11 Å². The molecule has 0 bridgehead atoms. The fourth-order valence-electron chi connectivity index (χ4n) is 2.33. The van der Waals surface area contributed by atoms with Gasteiger partial charge in [-0.15, -0.1) is 0 Å². The predicted octanol–water partition coefficient (Wildman–Crippen LogP) is 0.844. The summed E-state index contributed by atoms with van der Waals surface area (Å²) in [6, 6.07) is 0. The summed E-state index contributed by atoms with van der Waals surface area (Å²) < 4.78 is 0. The standard InChI is InChI=1S/C10H20N2O/c13-10-5-4-8-12(10)9-11-6-2-1-3-7-11/h10,13H,1-9H2/t10-/m0/s1. The molecule has 0 saturated carbocycles. The Morgan fingerprint density at radius 1 is 1.00 bits per heavy atom. The predicted molar refractivity (Wildman–Crippen MR) is 52.2 cm³/mol. The molecule has 2 aliphatic heterocycles. The molecule has 2 rings (SSSR count). The fraction of sp³-hybridized carbons (Fsp3) is 1.00. The number of hydrogen-bond donors (Lipinski definition) is 1. The molecule has 1 atom stereocenters. The molecule has 1 N–H and O–H groups in total. The Kier molecular flexibility index (Phi) is 3.19. The first-order valence-corrected chi connectivity index (χ1v) is 5.51. The molecule has 2 fully saturated rings. The molecule has 13 heavy (non-hydrogen) atoms. The zero-order valence-corrected chi connectivity index (χ0v) is 8.28. The number of nitrogens with zero attached hydrogens (tertiary/aromatic N) is 2. The van der Waals surface area contributed by atoms with Crippen molar-refractivity contribution in [3.8, 4) is 0 Å². The van der Waals surface area contributed by atoms with Gasteiger partial charge in [-0.25, -0.2) is 0 Å². The van der Waals surface area contributed by atoms with Gasteiger partial charge in [-0.1, -0.05) is 6.42 Å². The summed E-state index contributed by atoms with van der Waals surface area (Å²) in [6.45, 7) is 4.52. The number of aliphatic hydroxyl groups is 1. The van der Waals surface area contributed by atoms with E-state index in [1.807, 2.05) is 0 Å². The van der Waals surface area contributed by atoms with Crippen molar-refractivity contribution >= 4 is 0 Å². The third kappa shape index (κ3) is 2.42. The van der Waals surface area contributed by atoms with Crippen LogP contribution in [0.25, 0.3) is 0 Å². The molecule has 0 aliphatic carbocycles. The number of aliphatic hydroxyl groups excluding tert-OH is 1. The van der Waals surface area contributed by atoms with Crippen molar-refractivity contribution in [1.82, 2.24) is 9.80 Å². The first-order chi connectivity index (χ1) is 6.36. The van der Waals surface area contributed by atoms with Gasteiger partial charge in [0, 0.05) is 6.54 Å². The van der Waals surface area contributed by atoms with E-state index in [1.54, 1.807) is 0 Å². The highest BCUT2D eigenvalue weighted by molar-refractivity contribution is 4.72. The monoisotopic (exact) mass is 184 g/mol. The topological polar surface area (TPSA) is 26.7 Å². The lowest BCUT2D eigenvalue weighted by Gasteiger charge is -2.32. The summed E-state index contributed by atoms with van der Waals surface area (Å²) in [7, 11) is 0. The van der Waals surface area contributed by atoms with Gasteiger partial charge in [-0.3, -0.25) is 9.80 Å². The molecule has 0 aromatic carbocycles. The van der Waals surface area contributed by atoms with Gasteiger partial charge in [0.2, 0.25) is 0 Å². The molecule has 0 aromatic rings. The first kappa shape index (κ1) is 9.44. The van der Waals surface area contributed by atoms with Crippen LogP contribution in [-0.4, -0.2) is 47.4 Å². The summed E-state index contributed by atoms with van der Waals surface area (Å²) in [5, 5.41) is 9.62. The Morgan fingerprint density at radius 3 is 2.38 bits per heavy atom. The van der Waals surface area contributed by atoms with Crippen molar-refractivity contribution in [2.24, 2.45) is 0 Å². The van der Waals surface area contributed by atoms with E-state index in [2.05, 4.69) is 9.80 Å². The van der Waals surface area contributed by atoms with E-state index < -0.39 is 0 Å². The van der Waals surface area contributed by atoms with Crippen LogP contribution < -0.4 is 0 Å². The molecule has 2 heterocycles. The van der Waals surface area contributed by atoms with Crippen LogP contribution in [0.4, 0.5) is 0 Å². The fourth-order valence-corrected chi connectivity index (χ4v) is 2.33. The second-order valence-electron chi connectivity index (χ2n) is 4.26. The van der Waals surface area contributed by atoms with Gasteiger partial charge in [0.1, 0.15) is 6.23 Å². The third-order valence-electron chi connectivity index (χ3n) is 3.16. The Labute approximate surface area is 80.3 Å². The van der Waals surface area contributed by atoms with Gasteiger partial charge in [-0.2, -0.15) is 0 Å². The van der Waals surface area contributed by atoms with E-state index in [0.717, 1.165) is 26.1 Å². The van der Waals surface area contributed by atoms with E-state index in [9.17, 15) is 5.11 Å². The molecular formula is C10H20N2O. The van der Waals surface area contributed by atoms with Crippen LogP contribution in [-0.2, 0) is 0 Å². The normalized spacial score (nSPS) is 32.5. The van der Waals surface area contributed by atoms with Crippen LogP contribution in [0, 0.1) is 0 Å².